The van der Waals surface area contributed by atoms with E-state index in [2.05, 4.69) is 41.4 Å². The molecule has 8 nitrogen and oxygen atoms in total. The highest BCUT2D eigenvalue weighted by Crippen LogP contribution is 2.26. The molecule has 0 amide bonds. The monoisotopic (exact) mass is 413 g/mol. The number of nitrogens with zero attached hydrogens (tertiary/aromatic N) is 5. The maximum absolute atomic E-state index is 6.33. The number of aliphatic imine (C=N–C) groups is 1. The van der Waals surface area contributed by atoms with E-state index in [0.717, 1.165) is 48.7 Å². The number of aromatic amines is 1. The van der Waals surface area contributed by atoms with Gasteiger partial charge in [-0.05, 0) is 24.3 Å². The number of aromatic nitrogens is 3. The second-order valence-electron chi connectivity index (χ2n) is 6.73. The summed E-state index contributed by atoms with van der Waals surface area (Å²) in [6.07, 6.45) is 2.33. The standard InChI is InChI=1S/C20H24ClN7O/c1-22-20(23-9-8-18-24-19(26-25-18)17-7-4-14-29-17)28-12-10-27(11-13-28)16-6-3-2-5-15(16)21/h2-7,14H,8-13H2,1H3,(H,22,23)(H,24,25,26). The summed E-state index contributed by atoms with van der Waals surface area (Å²) in [7, 11) is 1.81. The summed E-state index contributed by atoms with van der Waals surface area (Å²) in [4.78, 5) is 13.5. The van der Waals surface area contributed by atoms with Crippen LogP contribution in [0.1, 0.15) is 5.82 Å². The Hall–Kier alpha value is -3.00. The van der Waals surface area contributed by atoms with E-state index in [0.29, 0.717) is 24.6 Å². The lowest BCUT2D eigenvalue weighted by Gasteiger charge is -2.38. The van der Waals surface area contributed by atoms with E-state index in [1.54, 1.807) is 6.26 Å². The van der Waals surface area contributed by atoms with Gasteiger partial charge >= 0.3 is 0 Å². The van der Waals surface area contributed by atoms with E-state index in [-0.39, 0.29) is 0 Å². The van der Waals surface area contributed by atoms with Gasteiger partial charge in [-0.2, -0.15) is 5.10 Å². The van der Waals surface area contributed by atoms with Gasteiger partial charge in [0.05, 0.1) is 17.0 Å². The normalized spacial score (nSPS) is 15.0. The van der Waals surface area contributed by atoms with Crippen LogP contribution in [0.4, 0.5) is 5.69 Å². The lowest BCUT2D eigenvalue weighted by molar-refractivity contribution is 0.373. The third kappa shape index (κ3) is 4.54. The molecule has 3 heterocycles. The molecule has 29 heavy (non-hydrogen) atoms. The molecule has 0 atom stereocenters. The fraction of sp³-hybridized carbons (Fsp3) is 0.350. The first-order valence-electron chi connectivity index (χ1n) is 9.65. The predicted molar refractivity (Wildman–Crippen MR) is 114 cm³/mol. The molecule has 0 bridgehead atoms. The highest BCUT2D eigenvalue weighted by molar-refractivity contribution is 6.33. The Labute approximate surface area is 174 Å². The van der Waals surface area contributed by atoms with Gasteiger partial charge in [-0.15, -0.1) is 0 Å². The van der Waals surface area contributed by atoms with Crippen LogP contribution in [-0.2, 0) is 6.42 Å². The van der Waals surface area contributed by atoms with Gasteiger partial charge in [0.1, 0.15) is 5.82 Å². The first-order chi connectivity index (χ1) is 14.2. The highest BCUT2D eigenvalue weighted by Gasteiger charge is 2.21. The van der Waals surface area contributed by atoms with Gasteiger partial charge in [0, 0.05) is 46.2 Å². The number of benzene rings is 1. The number of nitrogens with one attached hydrogen (secondary N) is 2. The van der Waals surface area contributed by atoms with Crippen molar-refractivity contribution in [1.29, 1.82) is 0 Å². The molecule has 1 aliphatic heterocycles. The Morgan fingerprint density at radius 2 is 2.03 bits per heavy atom. The molecule has 9 heteroatoms. The molecule has 2 N–H and O–H groups in total. The van der Waals surface area contributed by atoms with Crippen LogP contribution < -0.4 is 10.2 Å². The Morgan fingerprint density at radius 3 is 2.76 bits per heavy atom. The summed E-state index contributed by atoms with van der Waals surface area (Å²) in [5.41, 5.74) is 1.09. The van der Waals surface area contributed by atoms with Crippen LogP contribution in [0, 0.1) is 0 Å². The average molecular weight is 414 g/mol. The number of rotatable bonds is 5. The van der Waals surface area contributed by atoms with Crippen molar-refractivity contribution in [2.45, 2.75) is 6.42 Å². The third-order valence-corrected chi connectivity index (χ3v) is 5.22. The molecule has 152 valence electrons. The second-order valence-corrected chi connectivity index (χ2v) is 7.14. The molecule has 3 aromatic rings. The number of piperazine rings is 1. The number of anilines is 1. The number of hydrogen-bond acceptors (Lipinski definition) is 5. The zero-order valence-electron chi connectivity index (χ0n) is 16.3. The molecule has 0 saturated carbocycles. The first-order valence-corrected chi connectivity index (χ1v) is 10.0. The Bertz CT molecular complexity index is 945. The van der Waals surface area contributed by atoms with E-state index in [9.17, 15) is 0 Å². The van der Waals surface area contributed by atoms with Crippen LogP contribution in [0.3, 0.4) is 0 Å². The highest BCUT2D eigenvalue weighted by atomic mass is 35.5. The fourth-order valence-electron chi connectivity index (χ4n) is 3.42. The minimum absolute atomic E-state index is 0.574. The molecule has 1 aliphatic rings. The third-order valence-electron chi connectivity index (χ3n) is 4.90. The summed E-state index contributed by atoms with van der Waals surface area (Å²) < 4.78 is 5.32. The fourth-order valence-corrected chi connectivity index (χ4v) is 3.67. The minimum Gasteiger partial charge on any atom is -0.461 e. The molecule has 2 aromatic heterocycles. The first kappa shape index (κ1) is 19.3. The average Bonchev–Trinajstić information content (AvgIpc) is 3.44. The van der Waals surface area contributed by atoms with Crippen molar-refractivity contribution in [3.05, 3.63) is 53.5 Å². The van der Waals surface area contributed by atoms with Gasteiger partial charge in [-0.25, -0.2) is 4.98 Å². The van der Waals surface area contributed by atoms with Crippen molar-refractivity contribution < 1.29 is 4.42 Å². The van der Waals surface area contributed by atoms with E-state index in [4.69, 9.17) is 16.0 Å². The summed E-state index contributed by atoms with van der Waals surface area (Å²) >= 11 is 6.33. The molecule has 0 unspecified atom stereocenters. The summed E-state index contributed by atoms with van der Waals surface area (Å²) in [6.45, 7) is 4.29. The van der Waals surface area contributed by atoms with E-state index < -0.39 is 0 Å². The van der Waals surface area contributed by atoms with Gasteiger partial charge in [-0.3, -0.25) is 10.1 Å². The lowest BCUT2D eigenvalue weighted by atomic mass is 10.2. The van der Waals surface area contributed by atoms with Crippen molar-refractivity contribution in [3.8, 4) is 11.6 Å². The SMILES string of the molecule is CN=C(NCCc1nc(-c2ccco2)n[nH]1)N1CCN(c2ccccc2Cl)CC1. The molecule has 1 aromatic carbocycles. The molecule has 4 rings (SSSR count). The number of hydrogen-bond donors (Lipinski definition) is 2. The Kier molecular flexibility index (Phi) is 6.00. The smallest absolute Gasteiger partial charge is 0.216 e. The molecular formula is C20H24ClN7O. The lowest BCUT2D eigenvalue weighted by Crippen LogP contribution is -2.52. The van der Waals surface area contributed by atoms with Gasteiger partial charge in [0.15, 0.2) is 11.7 Å². The van der Waals surface area contributed by atoms with Crippen molar-refractivity contribution >= 4 is 23.2 Å². The Morgan fingerprint density at radius 1 is 1.21 bits per heavy atom. The van der Waals surface area contributed by atoms with Crippen LogP contribution >= 0.6 is 11.6 Å². The van der Waals surface area contributed by atoms with E-state index >= 15 is 0 Å². The largest absolute Gasteiger partial charge is 0.461 e. The van der Waals surface area contributed by atoms with Gasteiger partial charge < -0.3 is 19.5 Å². The van der Waals surface area contributed by atoms with Crippen molar-refractivity contribution in [2.75, 3.05) is 44.7 Å². The second kappa shape index (κ2) is 9.00. The Balaban J connectivity index is 1.27. The molecule has 0 radical (unpaired) electrons. The van der Waals surface area contributed by atoms with Crippen molar-refractivity contribution in [2.24, 2.45) is 4.99 Å². The molecule has 1 fully saturated rings. The van der Waals surface area contributed by atoms with Gasteiger partial charge in [-0.1, -0.05) is 23.7 Å². The summed E-state index contributed by atoms with van der Waals surface area (Å²) in [5, 5.41) is 11.4. The van der Waals surface area contributed by atoms with Crippen LogP contribution in [0.5, 0.6) is 0 Å². The summed E-state index contributed by atoms with van der Waals surface area (Å²) in [5.74, 6) is 2.94. The number of guanidine groups is 1. The van der Waals surface area contributed by atoms with Crippen molar-refractivity contribution in [1.82, 2.24) is 25.4 Å². The number of halogens is 1. The minimum atomic E-state index is 0.574. The quantitative estimate of drug-likeness (QED) is 0.494. The number of para-hydroxylation sites is 1. The van der Waals surface area contributed by atoms with Crippen molar-refractivity contribution in [3.63, 3.8) is 0 Å². The summed E-state index contributed by atoms with van der Waals surface area (Å²) in [6, 6.07) is 11.6. The zero-order valence-corrected chi connectivity index (χ0v) is 17.1. The number of furan rings is 1. The molecule has 1 saturated heterocycles. The van der Waals surface area contributed by atoms with E-state index in [1.165, 1.54) is 0 Å². The number of H-pyrrole nitrogens is 1. The van der Waals surface area contributed by atoms with Gasteiger partial charge in [0.2, 0.25) is 5.82 Å². The predicted octanol–water partition coefficient (Wildman–Crippen LogP) is 2.66. The van der Waals surface area contributed by atoms with E-state index in [1.807, 2.05) is 37.4 Å². The zero-order chi connectivity index (χ0) is 20.1. The van der Waals surface area contributed by atoms with Crippen LogP contribution in [0.15, 0.2) is 52.1 Å². The van der Waals surface area contributed by atoms with Gasteiger partial charge in [0.25, 0.3) is 0 Å². The molecular weight excluding hydrogens is 390 g/mol. The maximum Gasteiger partial charge on any atom is 0.216 e. The van der Waals surface area contributed by atoms with Crippen LogP contribution in [0.25, 0.3) is 11.6 Å². The topological polar surface area (TPSA) is 85.6 Å². The van der Waals surface area contributed by atoms with Crippen LogP contribution in [-0.4, -0.2) is 65.8 Å². The maximum atomic E-state index is 6.33. The molecule has 0 spiro atoms. The van der Waals surface area contributed by atoms with Crippen LogP contribution in [0.2, 0.25) is 5.02 Å². The molecule has 0 aliphatic carbocycles.